The van der Waals surface area contributed by atoms with Gasteiger partial charge in [-0.15, -0.1) is 0 Å². The predicted molar refractivity (Wildman–Crippen MR) is 123 cm³/mol. The highest BCUT2D eigenvalue weighted by Gasteiger charge is 2.39. The summed E-state index contributed by atoms with van der Waals surface area (Å²) in [6.07, 6.45) is 3.65. The van der Waals surface area contributed by atoms with Crippen LogP contribution in [0.3, 0.4) is 0 Å². The van der Waals surface area contributed by atoms with Gasteiger partial charge in [0.05, 0.1) is 7.11 Å². The quantitative estimate of drug-likeness (QED) is 0.426. The van der Waals surface area contributed by atoms with E-state index in [4.69, 9.17) is 4.74 Å². The Bertz CT molecular complexity index is 1060. The van der Waals surface area contributed by atoms with Crippen molar-refractivity contribution in [3.8, 4) is 0 Å². The van der Waals surface area contributed by atoms with Crippen LogP contribution in [0.1, 0.15) is 21.5 Å². The van der Waals surface area contributed by atoms with Gasteiger partial charge in [0.25, 0.3) is 5.91 Å². The third-order valence-electron chi connectivity index (χ3n) is 4.96. The van der Waals surface area contributed by atoms with Crippen LogP contribution in [0.4, 0.5) is 0 Å². The second-order valence-corrected chi connectivity index (χ2v) is 7.17. The van der Waals surface area contributed by atoms with Gasteiger partial charge in [-0.25, -0.2) is 4.79 Å². The topological polar surface area (TPSA) is 55.4 Å². The van der Waals surface area contributed by atoms with Crippen molar-refractivity contribution in [1.29, 1.82) is 0 Å². The molecule has 1 N–H and O–H groups in total. The molecule has 0 heterocycles. The first-order valence-electron chi connectivity index (χ1n) is 9.97. The molecule has 1 atom stereocenters. The lowest BCUT2D eigenvalue weighted by molar-refractivity contribution is -0.146. The van der Waals surface area contributed by atoms with E-state index in [-0.39, 0.29) is 12.3 Å². The van der Waals surface area contributed by atoms with Gasteiger partial charge in [0, 0.05) is 12.0 Å². The molecule has 156 valence electrons. The van der Waals surface area contributed by atoms with Crippen LogP contribution in [0.15, 0.2) is 110 Å². The van der Waals surface area contributed by atoms with Gasteiger partial charge in [0.1, 0.15) is 0 Å². The number of carbonyl (C=O) groups excluding carboxylic acids is 2. The molecule has 4 heteroatoms. The van der Waals surface area contributed by atoms with E-state index in [1.165, 1.54) is 7.11 Å². The fraction of sp³-hybridized carbons (Fsp3) is 0.111. The van der Waals surface area contributed by atoms with Gasteiger partial charge >= 0.3 is 5.97 Å². The number of hydrogen-bond acceptors (Lipinski definition) is 3. The molecule has 0 aliphatic rings. The fourth-order valence-corrected chi connectivity index (χ4v) is 3.29. The first-order valence-corrected chi connectivity index (χ1v) is 9.97. The molecule has 0 aliphatic heterocycles. The monoisotopic (exact) mass is 411 g/mol. The summed E-state index contributed by atoms with van der Waals surface area (Å²) in [4.78, 5) is 26.0. The largest absolute Gasteiger partial charge is 0.467 e. The van der Waals surface area contributed by atoms with Gasteiger partial charge in [0.15, 0.2) is 5.54 Å². The normalized spacial score (nSPS) is 12.7. The predicted octanol–water partition coefficient (Wildman–Crippen LogP) is 4.84. The van der Waals surface area contributed by atoms with Crippen molar-refractivity contribution in [3.63, 3.8) is 0 Å². The second-order valence-electron chi connectivity index (χ2n) is 7.17. The molecule has 0 spiro atoms. The minimum atomic E-state index is -1.40. The summed E-state index contributed by atoms with van der Waals surface area (Å²) in [5, 5.41) is 2.91. The average molecular weight is 412 g/mol. The van der Waals surface area contributed by atoms with Crippen LogP contribution in [-0.2, 0) is 16.0 Å². The van der Waals surface area contributed by atoms with Gasteiger partial charge in [-0.05, 0) is 34.9 Å². The summed E-state index contributed by atoms with van der Waals surface area (Å²) in [6.45, 7) is 4.11. The zero-order valence-electron chi connectivity index (χ0n) is 17.5. The molecule has 0 saturated carbocycles. The Morgan fingerprint density at radius 3 is 1.94 bits per heavy atom. The standard InChI is InChI=1S/C27H25NO3/c1-21(23-14-8-4-9-15-23)18-19-27(26(30)31-2,20-22-12-6-3-7-13-22)28-25(29)24-16-10-5-11-17-24/h3-19H,1,20H2,2H3,(H,28,29)/b19-18+/t27-/m1/s1. The van der Waals surface area contributed by atoms with E-state index in [0.717, 1.165) is 16.7 Å². The van der Waals surface area contributed by atoms with Crippen molar-refractivity contribution < 1.29 is 14.3 Å². The van der Waals surface area contributed by atoms with Gasteiger partial charge in [-0.1, -0.05) is 91.5 Å². The summed E-state index contributed by atoms with van der Waals surface area (Å²) in [6, 6.07) is 27.9. The van der Waals surface area contributed by atoms with Crippen molar-refractivity contribution in [3.05, 3.63) is 126 Å². The number of allylic oxidation sites excluding steroid dienone is 2. The molecule has 0 radical (unpaired) electrons. The summed E-state index contributed by atoms with van der Waals surface area (Å²) < 4.78 is 5.13. The third kappa shape index (κ3) is 5.58. The minimum Gasteiger partial charge on any atom is -0.467 e. The highest BCUT2D eigenvalue weighted by molar-refractivity contribution is 5.99. The Morgan fingerprint density at radius 2 is 1.39 bits per heavy atom. The minimum absolute atomic E-state index is 0.234. The lowest BCUT2D eigenvalue weighted by Gasteiger charge is -2.29. The van der Waals surface area contributed by atoms with E-state index in [2.05, 4.69) is 11.9 Å². The zero-order valence-corrected chi connectivity index (χ0v) is 17.5. The molecular weight excluding hydrogens is 386 g/mol. The third-order valence-corrected chi connectivity index (χ3v) is 4.96. The number of methoxy groups -OCH3 is 1. The SMILES string of the molecule is C=C(/C=C/[C@](Cc1ccccc1)(NC(=O)c1ccccc1)C(=O)OC)c1ccccc1. The van der Waals surface area contributed by atoms with Crippen LogP contribution in [0, 0.1) is 0 Å². The number of ether oxygens (including phenoxy) is 1. The molecule has 1 amide bonds. The fourth-order valence-electron chi connectivity index (χ4n) is 3.29. The number of benzene rings is 3. The van der Waals surface area contributed by atoms with Crippen molar-refractivity contribution >= 4 is 17.4 Å². The maximum Gasteiger partial charge on any atom is 0.336 e. The van der Waals surface area contributed by atoms with Crippen molar-refractivity contribution in [2.24, 2.45) is 0 Å². The van der Waals surface area contributed by atoms with E-state index in [0.29, 0.717) is 5.56 Å². The molecule has 3 aromatic carbocycles. The van der Waals surface area contributed by atoms with Crippen LogP contribution in [0.25, 0.3) is 5.57 Å². The number of esters is 1. The zero-order chi connectivity index (χ0) is 22.1. The summed E-state index contributed by atoms with van der Waals surface area (Å²) >= 11 is 0. The highest BCUT2D eigenvalue weighted by atomic mass is 16.5. The highest BCUT2D eigenvalue weighted by Crippen LogP contribution is 2.22. The van der Waals surface area contributed by atoms with Gasteiger partial charge in [-0.2, -0.15) is 0 Å². The van der Waals surface area contributed by atoms with E-state index in [9.17, 15) is 9.59 Å². The number of rotatable bonds is 8. The maximum absolute atomic E-state index is 13.0. The molecule has 4 nitrogen and oxygen atoms in total. The molecule has 3 aromatic rings. The molecule has 0 fully saturated rings. The van der Waals surface area contributed by atoms with Crippen molar-refractivity contribution in [1.82, 2.24) is 5.32 Å². The Kier molecular flexibility index (Phi) is 7.17. The Balaban J connectivity index is 2.00. The van der Waals surface area contributed by atoms with Crippen LogP contribution in [0.5, 0.6) is 0 Å². The second kappa shape index (κ2) is 10.2. The van der Waals surface area contributed by atoms with Gasteiger partial charge in [0.2, 0.25) is 0 Å². The summed E-state index contributed by atoms with van der Waals surface area (Å²) in [5.74, 6) is -0.922. The summed E-state index contributed by atoms with van der Waals surface area (Å²) in [5.41, 5.74) is 1.58. The molecule has 0 unspecified atom stereocenters. The van der Waals surface area contributed by atoms with Gasteiger partial charge in [-0.3, -0.25) is 4.79 Å². The van der Waals surface area contributed by atoms with Crippen molar-refractivity contribution in [2.45, 2.75) is 12.0 Å². The van der Waals surface area contributed by atoms with Gasteiger partial charge < -0.3 is 10.1 Å². The number of hydrogen-bond donors (Lipinski definition) is 1. The van der Waals surface area contributed by atoms with E-state index < -0.39 is 11.5 Å². The maximum atomic E-state index is 13.0. The van der Waals surface area contributed by atoms with Crippen LogP contribution in [-0.4, -0.2) is 24.5 Å². The summed E-state index contributed by atoms with van der Waals surface area (Å²) in [7, 11) is 1.32. The van der Waals surface area contributed by atoms with E-state index in [1.807, 2.05) is 66.7 Å². The number of carbonyl (C=O) groups is 2. The number of amides is 1. The van der Waals surface area contributed by atoms with Crippen molar-refractivity contribution in [2.75, 3.05) is 7.11 Å². The first kappa shape index (κ1) is 21.8. The molecular formula is C27H25NO3. The lowest BCUT2D eigenvalue weighted by Crippen LogP contribution is -2.55. The Morgan fingerprint density at radius 1 is 0.871 bits per heavy atom. The van der Waals surface area contributed by atoms with E-state index in [1.54, 1.807) is 36.4 Å². The molecule has 0 saturated heterocycles. The lowest BCUT2D eigenvalue weighted by atomic mass is 9.88. The molecule has 0 aromatic heterocycles. The number of nitrogens with one attached hydrogen (secondary N) is 1. The van der Waals surface area contributed by atoms with Crippen LogP contribution >= 0.6 is 0 Å². The Labute approximate surface area is 182 Å². The average Bonchev–Trinajstić information content (AvgIpc) is 2.83. The molecule has 0 aliphatic carbocycles. The van der Waals surface area contributed by atoms with Crippen LogP contribution < -0.4 is 5.32 Å². The van der Waals surface area contributed by atoms with Crippen LogP contribution in [0.2, 0.25) is 0 Å². The first-order chi connectivity index (χ1) is 15.0. The van der Waals surface area contributed by atoms with E-state index >= 15 is 0 Å². The molecule has 0 bridgehead atoms. The molecule has 31 heavy (non-hydrogen) atoms. The Hall–Kier alpha value is -3.92. The molecule has 3 rings (SSSR count). The smallest absolute Gasteiger partial charge is 0.336 e.